The van der Waals surface area contributed by atoms with Crippen LogP contribution in [0, 0.1) is 13.8 Å². The summed E-state index contributed by atoms with van der Waals surface area (Å²) in [5, 5.41) is 12.6. The number of fused-ring (bicyclic) bond motifs is 2. The first-order chi connectivity index (χ1) is 15.9. The standard InChI is InChI=1S/C28H22O5/c1-16-21(12-13-25(29)30)28(31)33-27-17(2)26-23(14-22(16)27)24(15-32-26)20-10-8-19(9-11-20)18-6-4-3-5-7-18/h3-11,14-15H,12-13H2,1-2H3,(H,29,30)/p-1. The third kappa shape index (κ3) is 3.61. The van der Waals surface area contributed by atoms with Gasteiger partial charge in [0.25, 0.3) is 0 Å². The summed E-state index contributed by atoms with van der Waals surface area (Å²) >= 11 is 0. The van der Waals surface area contributed by atoms with E-state index in [9.17, 15) is 14.7 Å². The number of aryl methyl sites for hydroxylation is 2. The minimum absolute atomic E-state index is 0.0721. The maximum Gasteiger partial charge on any atom is 0.339 e. The van der Waals surface area contributed by atoms with Crippen LogP contribution in [0.25, 0.3) is 44.2 Å². The summed E-state index contributed by atoms with van der Waals surface area (Å²) in [5.41, 5.74) is 6.66. The molecule has 3 aromatic carbocycles. The second-order valence-corrected chi connectivity index (χ2v) is 8.21. The van der Waals surface area contributed by atoms with Crippen LogP contribution in [0.5, 0.6) is 0 Å². The van der Waals surface area contributed by atoms with E-state index in [4.69, 9.17) is 8.83 Å². The van der Waals surface area contributed by atoms with Crippen LogP contribution >= 0.6 is 0 Å². The molecule has 0 saturated heterocycles. The molecule has 0 atom stereocenters. The van der Waals surface area contributed by atoms with Gasteiger partial charge in [-0.25, -0.2) is 4.79 Å². The Morgan fingerprint density at radius 1 is 0.848 bits per heavy atom. The van der Waals surface area contributed by atoms with Crippen molar-refractivity contribution in [2.75, 3.05) is 0 Å². The molecule has 0 amide bonds. The van der Waals surface area contributed by atoms with Crippen molar-refractivity contribution >= 4 is 27.9 Å². The number of carboxylic acids is 1. The van der Waals surface area contributed by atoms with E-state index >= 15 is 0 Å². The molecule has 5 nitrogen and oxygen atoms in total. The molecule has 0 unspecified atom stereocenters. The van der Waals surface area contributed by atoms with Crippen LogP contribution in [-0.2, 0) is 11.2 Å². The molecule has 0 N–H and O–H groups in total. The lowest BCUT2D eigenvalue weighted by Gasteiger charge is -2.10. The number of furan rings is 1. The van der Waals surface area contributed by atoms with Crippen LogP contribution in [0.2, 0.25) is 0 Å². The number of carbonyl (C=O) groups excluding carboxylic acids is 1. The maximum absolute atomic E-state index is 12.5. The van der Waals surface area contributed by atoms with Gasteiger partial charge in [0.2, 0.25) is 0 Å². The summed E-state index contributed by atoms with van der Waals surface area (Å²) < 4.78 is 11.5. The van der Waals surface area contributed by atoms with E-state index in [0.717, 1.165) is 44.2 Å². The van der Waals surface area contributed by atoms with Gasteiger partial charge >= 0.3 is 5.63 Å². The Kier molecular flexibility index (Phi) is 5.09. The lowest BCUT2D eigenvalue weighted by Crippen LogP contribution is -2.24. The molecule has 33 heavy (non-hydrogen) atoms. The molecule has 0 aliphatic carbocycles. The molecule has 5 aromatic rings. The summed E-state index contributed by atoms with van der Waals surface area (Å²) in [5.74, 6) is -1.20. The summed E-state index contributed by atoms with van der Waals surface area (Å²) in [6, 6.07) is 20.4. The van der Waals surface area contributed by atoms with Crippen LogP contribution in [-0.4, -0.2) is 5.97 Å². The van der Waals surface area contributed by atoms with Gasteiger partial charge in [0.15, 0.2) is 0 Å². The highest BCUT2D eigenvalue weighted by Crippen LogP contribution is 2.37. The zero-order chi connectivity index (χ0) is 23.1. The van der Waals surface area contributed by atoms with Crippen LogP contribution in [0.1, 0.15) is 23.1 Å². The Balaban J connectivity index is 1.65. The highest BCUT2D eigenvalue weighted by Gasteiger charge is 2.19. The summed E-state index contributed by atoms with van der Waals surface area (Å²) in [7, 11) is 0. The van der Waals surface area contributed by atoms with Crippen molar-refractivity contribution in [3.05, 3.63) is 94.0 Å². The zero-order valence-corrected chi connectivity index (χ0v) is 18.3. The number of carboxylic acid groups (broad SMARTS) is 1. The average molecular weight is 437 g/mol. The lowest BCUT2D eigenvalue weighted by molar-refractivity contribution is -0.305. The molecule has 5 heteroatoms. The quantitative estimate of drug-likeness (QED) is 0.354. The first-order valence-corrected chi connectivity index (χ1v) is 10.8. The second kappa shape index (κ2) is 8.10. The molecule has 0 aliphatic rings. The molecule has 164 valence electrons. The normalized spacial score (nSPS) is 11.3. The Morgan fingerprint density at radius 2 is 1.52 bits per heavy atom. The predicted octanol–water partition coefficient (Wildman–Crippen LogP) is 5.17. The van der Waals surface area contributed by atoms with Crippen molar-refractivity contribution < 1.29 is 18.7 Å². The molecular formula is C28H21O5-. The van der Waals surface area contributed by atoms with Crippen LogP contribution in [0.15, 0.2) is 80.6 Å². The van der Waals surface area contributed by atoms with E-state index in [-0.39, 0.29) is 12.8 Å². The third-order valence-electron chi connectivity index (χ3n) is 6.22. The number of aliphatic carboxylic acids is 1. The zero-order valence-electron chi connectivity index (χ0n) is 18.3. The summed E-state index contributed by atoms with van der Waals surface area (Å²) in [6.45, 7) is 3.68. The Hall–Kier alpha value is -4.12. The van der Waals surface area contributed by atoms with Gasteiger partial charge in [-0.05, 0) is 55.0 Å². The maximum atomic E-state index is 12.5. The van der Waals surface area contributed by atoms with Crippen LogP contribution in [0.3, 0.4) is 0 Å². The Morgan fingerprint density at radius 3 is 2.21 bits per heavy atom. The number of rotatable bonds is 5. The molecule has 2 heterocycles. The average Bonchev–Trinajstić information content (AvgIpc) is 3.25. The van der Waals surface area contributed by atoms with Crippen molar-refractivity contribution in [1.29, 1.82) is 0 Å². The van der Waals surface area contributed by atoms with E-state index in [1.165, 1.54) is 0 Å². The summed E-state index contributed by atoms with van der Waals surface area (Å²) in [4.78, 5) is 23.4. The predicted molar refractivity (Wildman–Crippen MR) is 126 cm³/mol. The van der Waals surface area contributed by atoms with Crippen molar-refractivity contribution in [1.82, 2.24) is 0 Å². The first kappa shape index (κ1) is 20.8. The molecule has 0 radical (unpaired) electrons. The van der Waals surface area contributed by atoms with Crippen LogP contribution < -0.4 is 10.7 Å². The minimum Gasteiger partial charge on any atom is -0.550 e. The van der Waals surface area contributed by atoms with Gasteiger partial charge in [-0.15, -0.1) is 0 Å². The molecule has 5 rings (SSSR count). The molecule has 0 spiro atoms. The third-order valence-corrected chi connectivity index (χ3v) is 6.22. The topological polar surface area (TPSA) is 83.5 Å². The molecule has 0 saturated carbocycles. The first-order valence-electron chi connectivity index (χ1n) is 10.8. The number of carbonyl (C=O) groups is 1. The van der Waals surface area contributed by atoms with E-state index in [1.807, 2.05) is 38.1 Å². The van der Waals surface area contributed by atoms with Gasteiger partial charge in [0.1, 0.15) is 11.2 Å². The SMILES string of the molecule is Cc1c(CCC(=O)[O-])c(=O)oc2c(C)c3occ(-c4ccc(-c5ccccc5)cc4)c3cc12. The fourth-order valence-corrected chi connectivity index (χ4v) is 4.41. The van der Waals surface area contributed by atoms with Gasteiger partial charge < -0.3 is 18.7 Å². The van der Waals surface area contributed by atoms with Gasteiger partial charge in [0, 0.05) is 33.4 Å². The van der Waals surface area contributed by atoms with Gasteiger partial charge in [-0.1, -0.05) is 54.6 Å². The van der Waals surface area contributed by atoms with E-state index in [2.05, 4.69) is 36.4 Å². The lowest BCUT2D eigenvalue weighted by atomic mass is 9.96. The van der Waals surface area contributed by atoms with Crippen molar-refractivity contribution in [3.63, 3.8) is 0 Å². The fourth-order valence-electron chi connectivity index (χ4n) is 4.41. The summed E-state index contributed by atoms with van der Waals surface area (Å²) in [6.07, 6.45) is 1.56. The van der Waals surface area contributed by atoms with Crippen molar-refractivity contribution in [2.45, 2.75) is 26.7 Å². The molecular weight excluding hydrogens is 416 g/mol. The Bertz CT molecular complexity index is 1550. The van der Waals surface area contributed by atoms with Crippen molar-refractivity contribution in [2.24, 2.45) is 0 Å². The van der Waals surface area contributed by atoms with E-state index in [1.54, 1.807) is 6.26 Å². The van der Waals surface area contributed by atoms with Crippen LogP contribution in [0.4, 0.5) is 0 Å². The Labute approximate surface area is 189 Å². The van der Waals surface area contributed by atoms with Crippen molar-refractivity contribution in [3.8, 4) is 22.3 Å². The second-order valence-electron chi connectivity index (χ2n) is 8.21. The minimum atomic E-state index is -1.20. The molecule has 0 bridgehead atoms. The van der Waals surface area contributed by atoms with Gasteiger partial charge in [-0.2, -0.15) is 0 Å². The smallest absolute Gasteiger partial charge is 0.339 e. The number of hydrogen-bond donors (Lipinski definition) is 0. The van der Waals surface area contributed by atoms with E-state index in [0.29, 0.717) is 16.7 Å². The number of hydrogen-bond acceptors (Lipinski definition) is 5. The van der Waals surface area contributed by atoms with Gasteiger partial charge in [0.05, 0.1) is 6.26 Å². The van der Waals surface area contributed by atoms with E-state index < -0.39 is 11.6 Å². The number of benzene rings is 3. The largest absolute Gasteiger partial charge is 0.550 e. The monoisotopic (exact) mass is 437 g/mol. The highest BCUT2D eigenvalue weighted by atomic mass is 16.4. The van der Waals surface area contributed by atoms with Gasteiger partial charge in [-0.3, -0.25) is 0 Å². The molecule has 0 fully saturated rings. The highest BCUT2D eigenvalue weighted by molar-refractivity contribution is 6.05. The fraction of sp³-hybridized carbons (Fsp3) is 0.143. The molecule has 0 aliphatic heterocycles. The molecule has 2 aromatic heterocycles.